The molecule has 0 bridgehead atoms. The fourth-order valence-electron chi connectivity index (χ4n) is 4.57. The van der Waals surface area contributed by atoms with Gasteiger partial charge >= 0.3 is 11.9 Å². The Bertz CT molecular complexity index is 1720. The third kappa shape index (κ3) is 4.41. The normalized spacial score (nSPS) is 16.7. The average Bonchev–Trinajstić information content (AvgIpc) is 3.54. The number of amides is 1. The van der Waals surface area contributed by atoms with E-state index in [9.17, 15) is 19.5 Å². The number of thiazole rings is 1. The number of fused-ring (bicyclic) bond motifs is 1. The number of hydrogen-bond donors (Lipinski definition) is 1. The van der Waals surface area contributed by atoms with Gasteiger partial charge in [-0.3, -0.25) is 14.5 Å². The van der Waals surface area contributed by atoms with Gasteiger partial charge < -0.3 is 14.2 Å². The maximum atomic E-state index is 13.5. The summed E-state index contributed by atoms with van der Waals surface area (Å²) < 4.78 is 6.95. The van der Waals surface area contributed by atoms with E-state index in [1.807, 2.05) is 19.1 Å². The van der Waals surface area contributed by atoms with Gasteiger partial charge in [-0.1, -0.05) is 53.8 Å². The Morgan fingerprint density at radius 1 is 1.21 bits per heavy atom. The van der Waals surface area contributed by atoms with Crippen molar-refractivity contribution in [2.45, 2.75) is 26.8 Å². The number of nitrogens with zero attached hydrogens (tertiary/aromatic N) is 4. The van der Waals surface area contributed by atoms with E-state index < -0.39 is 29.5 Å². The molecule has 3 aromatic heterocycles. The fourth-order valence-corrected chi connectivity index (χ4v) is 5.76. The van der Waals surface area contributed by atoms with Gasteiger partial charge in [0.05, 0.1) is 23.0 Å². The Balaban J connectivity index is 1.71. The number of aliphatic hydroxyl groups is 1. The van der Waals surface area contributed by atoms with Gasteiger partial charge in [0.1, 0.15) is 22.8 Å². The van der Waals surface area contributed by atoms with Crippen LogP contribution in [0.3, 0.4) is 0 Å². The summed E-state index contributed by atoms with van der Waals surface area (Å²) in [6, 6.07) is 9.32. The van der Waals surface area contributed by atoms with E-state index >= 15 is 0 Å². The predicted molar refractivity (Wildman–Crippen MR) is 148 cm³/mol. The molecule has 1 amide bonds. The molecular formula is C28H23ClN4O5S. The van der Waals surface area contributed by atoms with Crippen LogP contribution in [0.15, 0.2) is 60.8 Å². The minimum atomic E-state index is -1.07. The number of aliphatic hydroxyl groups excluding tert-OH is 1. The number of ketones is 1. The van der Waals surface area contributed by atoms with E-state index in [2.05, 4.69) is 16.5 Å². The molecule has 1 fully saturated rings. The largest absolute Gasteiger partial charge is 0.505 e. The van der Waals surface area contributed by atoms with Crippen molar-refractivity contribution in [3.8, 4) is 0 Å². The number of ether oxygens (including phenoxy) is 1. The number of carbonyl (C=O) groups is 3. The highest BCUT2D eigenvalue weighted by Gasteiger charge is 2.49. The van der Waals surface area contributed by atoms with Crippen LogP contribution in [0.25, 0.3) is 11.4 Å². The zero-order chi connectivity index (χ0) is 28.0. The van der Waals surface area contributed by atoms with Crippen molar-refractivity contribution < 1.29 is 24.2 Å². The molecule has 5 rings (SSSR count). The lowest BCUT2D eigenvalue weighted by atomic mass is 9.96. The highest BCUT2D eigenvalue weighted by Crippen LogP contribution is 2.44. The SMILES string of the molecule is C=CCOC(=O)c1sc(N2C(=O)C(=O)C(=C(O)c3nc4c(C)cccn4c3C)C2c2cccc(Cl)c2)nc1C. The minimum absolute atomic E-state index is 0.0103. The Morgan fingerprint density at radius 2 is 1.97 bits per heavy atom. The molecule has 1 unspecified atom stereocenters. The summed E-state index contributed by atoms with van der Waals surface area (Å²) >= 11 is 7.20. The molecule has 1 saturated heterocycles. The van der Waals surface area contributed by atoms with Crippen LogP contribution in [0.2, 0.25) is 5.02 Å². The lowest BCUT2D eigenvalue weighted by Gasteiger charge is -2.23. The van der Waals surface area contributed by atoms with Crippen molar-refractivity contribution >= 4 is 57.1 Å². The third-order valence-electron chi connectivity index (χ3n) is 6.43. The van der Waals surface area contributed by atoms with E-state index in [0.717, 1.165) is 16.9 Å². The molecule has 0 spiro atoms. The Hall–Kier alpha value is -4.28. The van der Waals surface area contributed by atoms with Crippen LogP contribution in [-0.4, -0.2) is 43.7 Å². The zero-order valence-corrected chi connectivity index (χ0v) is 22.8. The number of Topliss-reactive ketones (excluding diaryl/α,β-unsaturated/α-hetero) is 1. The van der Waals surface area contributed by atoms with Crippen molar-refractivity contribution in [3.63, 3.8) is 0 Å². The lowest BCUT2D eigenvalue weighted by Crippen LogP contribution is -2.29. The molecule has 198 valence electrons. The van der Waals surface area contributed by atoms with Crippen molar-refractivity contribution in [3.05, 3.63) is 98.9 Å². The summed E-state index contributed by atoms with van der Waals surface area (Å²) in [6.45, 7) is 8.81. The summed E-state index contributed by atoms with van der Waals surface area (Å²) in [5.74, 6) is -2.85. The van der Waals surface area contributed by atoms with Crippen molar-refractivity contribution in [2.24, 2.45) is 0 Å². The first-order valence-corrected chi connectivity index (χ1v) is 13.1. The maximum absolute atomic E-state index is 13.5. The molecule has 0 saturated carbocycles. The second-order valence-corrected chi connectivity index (χ2v) is 10.4. The van der Waals surface area contributed by atoms with Crippen molar-refractivity contribution in [1.29, 1.82) is 0 Å². The Morgan fingerprint density at radius 3 is 2.67 bits per heavy atom. The second kappa shape index (κ2) is 10.1. The summed E-state index contributed by atoms with van der Waals surface area (Å²) in [7, 11) is 0. The first kappa shape index (κ1) is 26.3. The first-order chi connectivity index (χ1) is 18.6. The van der Waals surface area contributed by atoms with Gasteiger partial charge in [0.2, 0.25) is 0 Å². The van der Waals surface area contributed by atoms with Crippen LogP contribution in [0, 0.1) is 20.8 Å². The number of carbonyl (C=O) groups excluding carboxylic acids is 3. The van der Waals surface area contributed by atoms with Crippen LogP contribution < -0.4 is 4.90 Å². The Labute approximate surface area is 232 Å². The molecule has 0 radical (unpaired) electrons. The van der Waals surface area contributed by atoms with Crippen molar-refractivity contribution in [2.75, 3.05) is 11.5 Å². The molecular weight excluding hydrogens is 540 g/mol. The number of pyridine rings is 1. The maximum Gasteiger partial charge on any atom is 0.350 e. The number of esters is 1. The highest BCUT2D eigenvalue weighted by molar-refractivity contribution is 7.17. The number of rotatable bonds is 6. The average molecular weight is 563 g/mol. The molecule has 4 heterocycles. The molecule has 0 aliphatic carbocycles. The zero-order valence-electron chi connectivity index (χ0n) is 21.3. The van der Waals surface area contributed by atoms with Crippen LogP contribution in [0.5, 0.6) is 0 Å². The predicted octanol–water partition coefficient (Wildman–Crippen LogP) is 5.34. The van der Waals surface area contributed by atoms with E-state index in [4.69, 9.17) is 16.3 Å². The van der Waals surface area contributed by atoms with Gasteiger partial charge in [0.15, 0.2) is 10.9 Å². The van der Waals surface area contributed by atoms with Crippen LogP contribution in [0.4, 0.5) is 5.13 Å². The van der Waals surface area contributed by atoms with Gasteiger partial charge in [-0.25, -0.2) is 14.8 Å². The summed E-state index contributed by atoms with van der Waals surface area (Å²) in [5, 5.41) is 12.0. The van der Waals surface area contributed by atoms with Crippen molar-refractivity contribution in [1.82, 2.24) is 14.4 Å². The van der Waals surface area contributed by atoms with E-state index in [-0.39, 0.29) is 27.9 Å². The molecule has 1 N–H and O–H groups in total. The molecule has 11 heteroatoms. The van der Waals surface area contributed by atoms with Crippen LogP contribution in [-0.2, 0) is 14.3 Å². The van der Waals surface area contributed by atoms with Gasteiger partial charge in [0, 0.05) is 11.2 Å². The Kier molecular flexibility index (Phi) is 6.83. The van der Waals surface area contributed by atoms with E-state index in [1.165, 1.54) is 11.0 Å². The molecule has 39 heavy (non-hydrogen) atoms. The molecule has 9 nitrogen and oxygen atoms in total. The molecule has 1 atom stereocenters. The molecule has 1 aliphatic rings. The topological polar surface area (TPSA) is 114 Å². The van der Waals surface area contributed by atoms with Gasteiger partial charge in [-0.05, 0) is 50.1 Å². The number of anilines is 1. The number of imidazole rings is 1. The lowest BCUT2D eigenvalue weighted by molar-refractivity contribution is -0.132. The summed E-state index contributed by atoms with van der Waals surface area (Å²) in [4.78, 5) is 50.0. The summed E-state index contributed by atoms with van der Waals surface area (Å²) in [5.41, 5.74) is 2.92. The third-order valence-corrected chi connectivity index (χ3v) is 7.80. The van der Waals surface area contributed by atoms with Gasteiger partial charge in [0.25, 0.3) is 5.78 Å². The smallest absolute Gasteiger partial charge is 0.350 e. The van der Waals surface area contributed by atoms with E-state index in [1.54, 1.807) is 48.7 Å². The van der Waals surface area contributed by atoms with Crippen LogP contribution in [0.1, 0.15) is 43.9 Å². The van der Waals surface area contributed by atoms with E-state index in [0.29, 0.717) is 27.6 Å². The number of aromatic nitrogens is 3. The molecule has 1 aromatic carbocycles. The van der Waals surface area contributed by atoms with Gasteiger partial charge in [-0.2, -0.15) is 0 Å². The van der Waals surface area contributed by atoms with Crippen LogP contribution >= 0.6 is 22.9 Å². The standard InChI is InChI=1S/C28H23ClN4O5S/c1-5-12-38-27(37)24-15(3)30-28(39-24)33-21(17-9-6-10-18(29)13-17)19(23(35)26(33)36)22(34)20-16(4)32-11-7-8-14(2)25(32)31-20/h5-11,13,21,34H,1,12H2,2-4H3. The summed E-state index contributed by atoms with van der Waals surface area (Å²) in [6.07, 6.45) is 3.25. The molecule has 1 aliphatic heterocycles. The first-order valence-electron chi connectivity index (χ1n) is 11.9. The van der Waals surface area contributed by atoms with Gasteiger partial charge in [-0.15, -0.1) is 0 Å². The monoisotopic (exact) mass is 562 g/mol. The quantitative estimate of drug-likeness (QED) is 0.111. The second-order valence-electron chi connectivity index (χ2n) is 8.95. The fraction of sp³-hybridized carbons (Fsp3) is 0.179. The number of halogens is 1. The highest BCUT2D eigenvalue weighted by atomic mass is 35.5. The molecule has 4 aromatic rings. The number of hydrogen-bond acceptors (Lipinski definition) is 8. The number of benzene rings is 1. The minimum Gasteiger partial charge on any atom is -0.505 e. The number of aryl methyl sites for hydroxylation is 3.